The minimum absolute atomic E-state index is 0.0584. The molecule has 0 saturated heterocycles. The Bertz CT molecular complexity index is 1220. The van der Waals surface area contributed by atoms with Crippen molar-refractivity contribution in [1.29, 1.82) is 0 Å². The van der Waals surface area contributed by atoms with Crippen LogP contribution in [0.1, 0.15) is 65.7 Å². The molecule has 1 saturated carbocycles. The van der Waals surface area contributed by atoms with Crippen LogP contribution < -0.4 is 5.73 Å². The van der Waals surface area contributed by atoms with E-state index in [2.05, 4.69) is 16.9 Å². The van der Waals surface area contributed by atoms with Gasteiger partial charge in [-0.15, -0.1) is 0 Å². The van der Waals surface area contributed by atoms with Crippen molar-refractivity contribution in [1.82, 2.24) is 9.97 Å². The number of carbonyl (C=O) groups is 1. The molecule has 1 aromatic carbocycles. The highest BCUT2D eigenvalue weighted by molar-refractivity contribution is 5.96. The van der Waals surface area contributed by atoms with E-state index < -0.39 is 46.5 Å². The Kier molecular flexibility index (Phi) is 7.25. The van der Waals surface area contributed by atoms with E-state index in [4.69, 9.17) is 5.73 Å². The molecule has 0 radical (unpaired) electrons. The topological polar surface area (TPSA) is 68.9 Å². The number of rotatable bonds is 6. The number of nitrogens with zero attached hydrogens (tertiary/aromatic N) is 2. The second-order valence-corrected chi connectivity index (χ2v) is 9.13. The number of carbonyl (C=O) groups excluding carboxylic acids is 1. The van der Waals surface area contributed by atoms with Gasteiger partial charge in [-0.25, -0.2) is 26.9 Å². The Labute approximate surface area is 199 Å². The Morgan fingerprint density at radius 2 is 1.77 bits per heavy atom. The summed E-state index contributed by atoms with van der Waals surface area (Å²) in [5, 5.41) is 0. The smallest absolute Gasteiger partial charge is 0.264 e. The van der Waals surface area contributed by atoms with Crippen LogP contribution in [-0.4, -0.2) is 21.8 Å². The fourth-order valence-corrected chi connectivity index (χ4v) is 4.88. The van der Waals surface area contributed by atoms with Gasteiger partial charge in [0.1, 0.15) is 28.8 Å². The molecular weight excluding hydrogens is 465 g/mol. The molecule has 4 nitrogen and oxygen atoms in total. The third-order valence-corrected chi connectivity index (χ3v) is 6.40. The van der Waals surface area contributed by atoms with Crippen LogP contribution in [0, 0.1) is 23.4 Å². The van der Waals surface area contributed by atoms with Gasteiger partial charge in [0.2, 0.25) is 0 Å². The summed E-state index contributed by atoms with van der Waals surface area (Å²) in [6.07, 6.45) is 2.67. The SMILES string of the molecule is C[C@@H]1C[C@H](N)C[C@H](c2ccncc2CC(=O)c2ccc(F)c(-c3c(F)cc(C(F)F)cc3F)n2)C1. The number of nitrogens with two attached hydrogens (primary N) is 1. The predicted molar refractivity (Wildman–Crippen MR) is 121 cm³/mol. The third-order valence-electron chi connectivity index (χ3n) is 6.40. The molecule has 0 unspecified atom stereocenters. The Morgan fingerprint density at radius 3 is 2.43 bits per heavy atom. The van der Waals surface area contributed by atoms with Gasteiger partial charge in [0.25, 0.3) is 6.43 Å². The number of hydrogen-bond acceptors (Lipinski definition) is 4. The highest BCUT2D eigenvalue weighted by atomic mass is 19.3. The van der Waals surface area contributed by atoms with Crippen molar-refractivity contribution in [3.05, 3.63) is 82.6 Å². The summed E-state index contributed by atoms with van der Waals surface area (Å²) < 4.78 is 69.1. The quantitative estimate of drug-likeness (QED) is 0.333. The highest BCUT2D eigenvalue weighted by Crippen LogP contribution is 2.37. The standard InChI is InChI=1S/C26H24F5N3O/c1-13-6-14(8-17(32)7-13)18-4-5-33-12-16(18)11-23(35)22-3-2-19(27)25(34-22)24-20(28)9-15(26(30)31)10-21(24)29/h2-5,9-10,12-14,17,26H,6-8,11,32H2,1H3/t13-,14+,17-/m0/s1. The van der Waals surface area contributed by atoms with E-state index in [0.717, 1.165) is 37.0 Å². The van der Waals surface area contributed by atoms with Crippen molar-refractivity contribution in [3.63, 3.8) is 0 Å². The molecule has 3 aromatic rings. The van der Waals surface area contributed by atoms with Gasteiger partial charge in [-0.1, -0.05) is 6.92 Å². The van der Waals surface area contributed by atoms with Gasteiger partial charge in [-0.05, 0) is 72.6 Å². The maximum absolute atomic E-state index is 14.5. The first-order valence-corrected chi connectivity index (χ1v) is 11.3. The first-order valence-electron chi connectivity index (χ1n) is 11.3. The van der Waals surface area contributed by atoms with Crippen molar-refractivity contribution in [3.8, 4) is 11.3 Å². The van der Waals surface area contributed by atoms with Crippen LogP contribution in [0.15, 0.2) is 42.7 Å². The molecule has 0 aliphatic heterocycles. The Morgan fingerprint density at radius 1 is 1.06 bits per heavy atom. The summed E-state index contributed by atoms with van der Waals surface area (Å²) in [5.41, 5.74) is 5.08. The van der Waals surface area contributed by atoms with Gasteiger partial charge >= 0.3 is 0 Å². The van der Waals surface area contributed by atoms with Crippen LogP contribution in [0.2, 0.25) is 0 Å². The number of pyridine rings is 2. The van der Waals surface area contributed by atoms with Crippen LogP contribution in [-0.2, 0) is 6.42 Å². The van der Waals surface area contributed by atoms with Gasteiger partial charge in [0.05, 0.1) is 5.56 Å². The lowest BCUT2D eigenvalue weighted by atomic mass is 9.75. The maximum atomic E-state index is 14.5. The molecular formula is C26H24F5N3O. The first-order chi connectivity index (χ1) is 16.6. The number of ketones is 1. The molecule has 4 rings (SSSR count). The minimum Gasteiger partial charge on any atom is -0.328 e. The average molecular weight is 489 g/mol. The summed E-state index contributed by atoms with van der Waals surface area (Å²) in [4.78, 5) is 21.1. The first kappa shape index (κ1) is 24.9. The lowest BCUT2D eigenvalue weighted by Gasteiger charge is -2.32. The van der Waals surface area contributed by atoms with Crippen molar-refractivity contribution in [2.75, 3.05) is 0 Å². The molecule has 1 fully saturated rings. The fourth-order valence-electron chi connectivity index (χ4n) is 4.88. The van der Waals surface area contributed by atoms with E-state index in [9.17, 15) is 26.7 Å². The molecule has 2 N–H and O–H groups in total. The summed E-state index contributed by atoms with van der Waals surface area (Å²) >= 11 is 0. The number of Topliss-reactive ketones (excluding diaryl/α,β-unsaturated/α-hetero) is 1. The van der Waals surface area contributed by atoms with Crippen LogP contribution in [0.25, 0.3) is 11.3 Å². The van der Waals surface area contributed by atoms with E-state index in [1.54, 1.807) is 12.4 Å². The minimum atomic E-state index is -3.10. The number of alkyl halides is 2. The second kappa shape index (κ2) is 10.2. The molecule has 1 aliphatic carbocycles. The monoisotopic (exact) mass is 489 g/mol. The molecule has 0 amide bonds. The van der Waals surface area contributed by atoms with Crippen molar-refractivity contribution in [2.45, 2.75) is 51.0 Å². The van der Waals surface area contributed by atoms with Gasteiger partial charge < -0.3 is 5.73 Å². The zero-order valence-corrected chi connectivity index (χ0v) is 18.9. The van der Waals surface area contributed by atoms with Gasteiger partial charge in [0, 0.05) is 30.4 Å². The largest absolute Gasteiger partial charge is 0.328 e. The number of benzene rings is 1. The molecule has 2 aromatic heterocycles. The zero-order chi connectivity index (χ0) is 25.3. The van der Waals surface area contributed by atoms with Gasteiger partial charge in [0.15, 0.2) is 5.78 Å². The van der Waals surface area contributed by atoms with Crippen LogP contribution in [0.3, 0.4) is 0 Å². The summed E-state index contributed by atoms with van der Waals surface area (Å²) in [7, 11) is 0. The molecule has 0 spiro atoms. The summed E-state index contributed by atoms with van der Waals surface area (Å²) in [5.74, 6) is -3.78. The van der Waals surface area contributed by atoms with Crippen LogP contribution in [0.4, 0.5) is 22.0 Å². The van der Waals surface area contributed by atoms with Gasteiger partial charge in [-0.2, -0.15) is 0 Å². The number of hydrogen-bond donors (Lipinski definition) is 1. The summed E-state index contributed by atoms with van der Waals surface area (Å²) in [6.45, 7) is 2.13. The van der Waals surface area contributed by atoms with E-state index >= 15 is 0 Å². The lowest BCUT2D eigenvalue weighted by molar-refractivity contribution is 0.0987. The molecule has 0 bridgehead atoms. The molecule has 3 atom stereocenters. The van der Waals surface area contributed by atoms with E-state index in [1.165, 1.54) is 0 Å². The molecule has 9 heteroatoms. The average Bonchev–Trinajstić information content (AvgIpc) is 2.79. The Hall–Kier alpha value is -3.20. The Balaban J connectivity index is 1.64. The lowest BCUT2D eigenvalue weighted by Crippen LogP contribution is -2.31. The molecule has 1 aliphatic rings. The second-order valence-electron chi connectivity index (χ2n) is 9.13. The fraction of sp³-hybridized carbons (Fsp3) is 0.346. The van der Waals surface area contributed by atoms with Crippen LogP contribution in [0.5, 0.6) is 0 Å². The van der Waals surface area contributed by atoms with Crippen molar-refractivity contribution < 1.29 is 26.7 Å². The van der Waals surface area contributed by atoms with E-state index in [-0.39, 0.29) is 24.1 Å². The zero-order valence-electron chi connectivity index (χ0n) is 18.9. The molecule has 184 valence electrons. The van der Waals surface area contributed by atoms with E-state index in [1.807, 2.05) is 6.07 Å². The van der Waals surface area contributed by atoms with Crippen LogP contribution >= 0.6 is 0 Å². The van der Waals surface area contributed by atoms with Crippen molar-refractivity contribution in [2.24, 2.45) is 11.7 Å². The number of aromatic nitrogens is 2. The van der Waals surface area contributed by atoms with Crippen molar-refractivity contribution >= 4 is 5.78 Å². The highest BCUT2D eigenvalue weighted by Gasteiger charge is 2.28. The van der Waals surface area contributed by atoms with E-state index in [0.29, 0.717) is 23.6 Å². The van der Waals surface area contributed by atoms with Gasteiger partial charge in [-0.3, -0.25) is 9.78 Å². The maximum Gasteiger partial charge on any atom is 0.264 e. The summed E-state index contributed by atoms with van der Waals surface area (Å²) in [6, 6.07) is 4.77. The predicted octanol–water partition coefficient (Wildman–Crippen LogP) is 6.15. The number of halogens is 5. The molecule has 2 heterocycles. The normalized spacial score (nSPS) is 20.3. The third kappa shape index (κ3) is 5.40. The molecule has 35 heavy (non-hydrogen) atoms.